The molecule has 0 radical (unpaired) electrons. The van der Waals surface area contributed by atoms with Gasteiger partial charge in [-0.15, -0.1) is 17.3 Å². The molecular weight excluding hydrogens is 570 g/mol. The number of thiophene rings is 1. The molecule has 4 aromatic rings. The lowest BCUT2D eigenvalue weighted by molar-refractivity contribution is -0.137. The van der Waals surface area contributed by atoms with Gasteiger partial charge < -0.3 is 14.6 Å². The summed E-state index contributed by atoms with van der Waals surface area (Å²) < 4.78 is 32.9. The van der Waals surface area contributed by atoms with E-state index in [0.717, 1.165) is 46.2 Å². The molecule has 5 rings (SSSR count). The number of aliphatic carboxylic acids is 1. The van der Waals surface area contributed by atoms with Gasteiger partial charge >= 0.3 is 5.97 Å². The van der Waals surface area contributed by atoms with Crippen LogP contribution in [-0.2, 0) is 11.4 Å². The van der Waals surface area contributed by atoms with Crippen molar-refractivity contribution >= 4 is 38.0 Å². The molecular formula is C33H35NO6S2. The predicted octanol–water partition coefficient (Wildman–Crippen LogP) is 7.97. The number of carboxylic acid groups (broad SMARTS) is 1. The van der Waals surface area contributed by atoms with Crippen molar-refractivity contribution in [2.24, 2.45) is 5.92 Å². The van der Waals surface area contributed by atoms with E-state index in [-0.39, 0.29) is 6.42 Å². The van der Waals surface area contributed by atoms with Crippen molar-refractivity contribution in [1.29, 1.82) is 0 Å². The Hall–Kier alpha value is -3.55. The number of aromatic nitrogens is 1. The van der Waals surface area contributed by atoms with E-state index in [2.05, 4.69) is 59.5 Å². The monoisotopic (exact) mass is 605 g/mol. The topological polar surface area (TPSA) is 109 Å². The lowest BCUT2D eigenvalue weighted by Gasteiger charge is -2.39. The minimum absolute atomic E-state index is 0.0700. The van der Waals surface area contributed by atoms with Gasteiger partial charge in [-0.25, -0.2) is 4.98 Å². The van der Waals surface area contributed by atoms with Crippen molar-refractivity contribution in [2.45, 2.75) is 45.6 Å². The molecule has 1 saturated heterocycles. The Labute approximate surface area is 251 Å². The molecule has 9 heteroatoms. The molecule has 1 aliphatic heterocycles. The molecule has 2 aromatic heterocycles. The highest BCUT2D eigenvalue weighted by Gasteiger charge is 2.24. The van der Waals surface area contributed by atoms with Gasteiger partial charge in [-0.05, 0) is 84.5 Å². The largest absolute Gasteiger partial charge is 0.493 e. The van der Waals surface area contributed by atoms with Gasteiger partial charge in [0.25, 0.3) is 0 Å². The van der Waals surface area contributed by atoms with E-state index < -0.39 is 22.5 Å². The lowest BCUT2D eigenvalue weighted by atomic mass is 9.98. The molecule has 0 unspecified atom stereocenters. The third-order valence-electron chi connectivity index (χ3n) is 7.56. The molecule has 1 atom stereocenters. The van der Waals surface area contributed by atoms with Crippen molar-refractivity contribution in [2.75, 3.05) is 18.1 Å². The summed E-state index contributed by atoms with van der Waals surface area (Å²) in [4.78, 5) is 15.6. The number of benzene rings is 2. The molecule has 7 nitrogen and oxygen atoms in total. The molecule has 0 aliphatic carbocycles. The van der Waals surface area contributed by atoms with Crippen LogP contribution in [0.3, 0.4) is 0 Å². The molecule has 220 valence electrons. The number of ether oxygens (including phenoxy) is 2. The molecule has 0 bridgehead atoms. The van der Waals surface area contributed by atoms with Crippen LogP contribution in [0.15, 0.2) is 60.1 Å². The number of hydrogen-bond acceptors (Lipinski definition) is 7. The molecule has 2 aromatic carbocycles. The third kappa shape index (κ3) is 7.44. The fourth-order valence-corrected chi connectivity index (χ4v) is 7.75. The summed E-state index contributed by atoms with van der Waals surface area (Å²) in [5, 5.41) is 12.5. The summed E-state index contributed by atoms with van der Waals surface area (Å²) in [6.45, 7) is 4.73. The maximum absolute atomic E-state index is 11.2. The predicted molar refractivity (Wildman–Crippen MR) is 170 cm³/mol. The van der Waals surface area contributed by atoms with Gasteiger partial charge in [0.1, 0.15) is 12.4 Å². The van der Waals surface area contributed by atoms with E-state index >= 15 is 0 Å². The van der Waals surface area contributed by atoms with E-state index in [1.165, 1.54) is 10.3 Å². The van der Waals surface area contributed by atoms with E-state index in [9.17, 15) is 13.9 Å². The van der Waals surface area contributed by atoms with Gasteiger partial charge in [0, 0.05) is 39.4 Å². The summed E-state index contributed by atoms with van der Waals surface area (Å²) in [6.07, 6.45) is 3.14. The van der Waals surface area contributed by atoms with Crippen molar-refractivity contribution in [3.63, 3.8) is 0 Å². The van der Waals surface area contributed by atoms with Crippen LogP contribution in [0, 0.1) is 24.7 Å². The second-order valence-electron chi connectivity index (χ2n) is 10.7. The molecule has 42 heavy (non-hydrogen) atoms. The van der Waals surface area contributed by atoms with Crippen LogP contribution in [0.2, 0.25) is 0 Å². The number of carboxylic acids is 1. The zero-order valence-corrected chi connectivity index (χ0v) is 25.3. The third-order valence-corrected chi connectivity index (χ3v) is 10.3. The van der Waals surface area contributed by atoms with Crippen LogP contribution in [0.5, 0.6) is 11.6 Å². The Morgan fingerprint density at radius 3 is 2.60 bits per heavy atom. The van der Waals surface area contributed by atoms with Gasteiger partial charge in [0.05, 0.1) is 18.9 Å². The Balaban J connectivity index is 1.24. The average molecular weight is 606 g/mol. The zero-order valence-electron chi connectivity index (χ0n) is 23.7. The van der Waals surface area contributed by atoms with Gasteiger partial charge in [-0.3, -0.25) is 13.9 Å². The summed E-state index contributed by atoms with van der Waals surface area (Å²) in [7, 11) is -2.37. The number of carbonyl (C=O) groups is 1. The molecule has 0 amide bonds. The van der Waals surface area contributed by atoms with Crippen LogP contribution in [0.1, 0.15) is 48.8 Å². The number of rotatable bonds is 10. The van der Waals surface area contributed by atoms with Crippen LogP contribution >= 0.6 is 21.9 Å². The highest BCUT2D eigenvalue weighted by molar-refractivity contribution is 8.24. The molecule has 1 fully saturated rings. The highest BCUT2D eigenvalue weighted by atomic mass is 32.3. The van der Waals surface area contributed by atoms with E-state index in [4.69, 9.17) is 14.6 Å². The van der Waals surface area contributed by atoms with Crippen molar-refractivity contribution < 1.29 is 28.5 Å². The second-order valence-corrected chi connectivity index (χ2v) is 14.0. The average Bonchev–Trinajstić information content (AvgIpc) is 3.38. The van der Waals surface area contributed by atoms with E-state index in [1.807, 2.05) is 12.1 Å². The Bertz CT molecular complexity index is 1610. The van der Waals surface area contributed by atoms with Gasteiger partial charge in [0.15, 0.2) is 0 Å². The number of nitrogens with zero attached hydrogens (tertiary/aromatic N) is 1. The summed E-state index contributed by atoms with van der Waals surface area (Å²) >= 11 is 1.71. The Kier molecular flexibility index (Phi) is 9.39. The molecule has 0 saturated carbocycles. The number of aryl methyl sites for hydroxylation is 1. The SMILES string of the molecule is CC#C[C@H](CC(=O)O)c1ccc(OCc2ccc3scc(-c4ccc(OCC5CCS(O)(O)CC5)cc4C)c3c2)nc1. The number of hydrogen-bond donors (Lipinski definition) is 3. The van der Waals surface area contributed by atoms with Crippen molar-refractivity contribution in [1.82, 2.24) is 4.98 Å². The fourth-order valence-electron chi connectivity index (χ4n) is 5.18. The second kappa shape index (κ2) is 13.2. The van der Waals surface area contributed by atoms with Crippen molar-refractivity contribution in [3.8, 4) is 34.6 Å². The van der Waals surface area contributed by atoms with Crippen molar-refractivity contribution in [3.05, 3.63) is 76.8 Å². The standard InChI is InChI=1S/C33H35NO6S2/c1-3-4-25(17-33(35)36)26-6-10-32(34-18-26)40-20-24-5-9-31-29(16-24)30(21-41-31)28-8-7-27(15-22(28)2)39-19-23-11-13-42(37,38)14-12-23/h5-10,15-16,18,21,23,25,37-38H,11-14,17,19-20H2,1-2H3,(H,35,36)/t25-/m1/s1. The van der Waals surface area contributed by atoms with Gasteiger partial charge in [-0.1, -0.05) is 24.1 Å². The highest BCUT2D eigenvalue weighted by Crippen LogP contribution is 2.45. The van der Waals surface area contributed by atoms with Gasteiger partial charge in [-0.2, -0.15) is 10.6 Å². The minimum Gasteiger partial charge on any atom is -0.493 e. The smallest absolute Gasteiger partial charge is 0.304 e. The summed E-state index contributed by atoms with van der Waals surface area (Å²) in [6, 6.07) is 16.1. The Morgan fingerprint density at radius 1 is 1.10 bits per heavy atom. The first kappa shape index (κ1) is 29.9. The van der Waals surface area contributed by atoms with Crippen LogP contribution in [0.4, 0.5) is 0 Å². The van der Waals surface area contributed by atoms with Gasteiger partial charge in [0.2, 0.25) is 5.88 Å². The normalized spacial score (nSPS) is 16.3. The number of fused-ring (bicyclic) bond motifs is 1. The minimum atomic E-state index is -2.37. The number of pyridine rings is 1. The first-order valence-corrected chi connectivity index (χ1v) is 16.7. The zero-order chi connectivity index (χ0) is 29.7. The summed E-state index contributed by atoms with van der Waals surface area (Å²) in [5.74, 6) is 7.04. The van der Waals surface area contributed by atoms with Crippen LogP contribution in [-0.4, -0.2) is 43.3 Å². The maximum atomic E-state index is 11.2. The fraction of sp³-hybridized carbons (Fsp3) is 0.333. The molecule has 1 aliphatic rings. The van der Waals surface area contributed by atoms with E-state index in [1.54, 1.807) is 30.5 Å². The van der Waals surface area contributed by atoms with E-state index in [0.29, 0.717) is 36.5 Å². The lowest BCUT2D eigenvalue weighted by Crippen LogP contribution is -2.24. The van der Waals surface area contributed by atoms with Crippen LogP contribution < -0.4 is 9.47 Å². The van der Waals surface area contributed by atoms with Crippen LogP contribution in [0.25, 0.3) is 21.2 Å². The molecule has 0 spiro atoms. The quantitative estimate of drug-likeness (QED) is 0.157. The summed E-state index contributed by atoms with van der Waals surface area (Å²) in [5.41, 5.74) is 5.23. The Morgan fingerprint density at radius 2 is 1.90 bits per heavy atom. The maximum Gasteiger partial charge on any atom is 0.304 e. The molecule has 3 N–H and O–H groups in total. The first-order chi connectivity index (χ1) is 20.2. The first-order valence-electron chi connectivity index (χ1n) is 13.9. The molecule has 3 heterocycles.